The van der Waals surface area contributed by atoms with Crippen molar-refractivity contribution in [3.63, 3.8) is 0 Å². The quantitative estimate of drug-likeness (QED) is 0.738. The molecule has 7 nitrogen and oxygen atoms in total. The highest BCUT2D eigenvalue weighted by Gasteiger charge is 2.35. The first kappa shape index (κ1) is 21.1. The second-order valence-corrected chi connectivity index (χ2v) is 9.63. The summed E-state index contributed by atoms with van der Waals surface area (Å²) in [6, 6.07) is 4.97. The molecule has 2 aliphatic rings. The Morgan fingerprint density at radius 3 is 2.54 bits per heavy atom. The highest BCUT2D eigenvalue weighted by atomic mass is 32.2. The molecule has 0 aromatic heterocycles. The van der Waals surface area contributed by atoms with Gasteiger partial charge in [0.2, 0.25) is 15.9 Å². The minimum atomic E-state index is -3.62. The van der Waals surface area contributed by atoms with Crippen LogP contribution in [0.4, 0.5) is 0 Å². The number of likely N-dealkylation sites (N-methyl/N-ethyl adjacent to an activating group) is 1. The summed E-state index contributed by atoms with van der Waals surface area (Å²) in [6.07, 6.45) is 1.46. The Labute approximate surface area is 168 Å². The van der Waals surface area contributed by atoms with Crippen LogP contribution in [0.1, 0.15) is 25.3 Å². The summed E-state index contributed by atoms with van der Waals surface area (Å²) in [4.78, 5) is 17.3. The molecular formula is C20H31N3O4S. The molecule has 0 aliphatic carbocycles. The van der Waals surface area contributed by atoms with E-state index in [1.165, 1.54) is 4.31 Å². The summed E-state index contributed by atoms with van der Waals surface area (Å²) >= 11 is 0. The summed E-state index contributed by atoms with van der Waals surface area (Å²) in [5.41, 5.74) is 0.796. The van der Waals surface area contributed by atoms with Crippen molar-refractivity contribution in [3.8, 4) is 5.75 Å². The van der Waals surface area contributed by atoms with E-state index in [0.717, 1.165) is 38.2 Å². The third-order valence-corrected chi connectivity index (χ3v) is 7.49. The molecular weight excluding hydrogens is 378 g/mol. The highest BCUT2D eigenvalue weighted by Crippen LogP contribution is 2.28. The van der Waals surface area contributed by atoms with Crippen LogP contribution in [-0.4, -0.2) is 81.4 Å². The summed E-state index contributed by atoms with van der Waals surface area (Å²) in [5, 5.41) is 0. The van der Waals surface area contributed by atoms with Gasteiger partial charge in [0.15, 0.2) is 0 Å². The summed E-state index contributed by atoms with van der Waals surface area (Å²) in [5.74, 6) is 0.537. The fourth-order valence-corrected chi connectivity index (χ4v) is 5.51. The van der Waals surface area contributed by atoms with Crippen LogP contribution in [-0.2, 0) is 14.8 Å². The van der Waals surface area contributed by atoms with Gasteiger partial charge in [0.25, 0.3) is 0 Å². The maximum atomic E-state index is 13.1. The molecule has 3 rings (SSSR count). The van der Waals surface area contributed by atoms with Crippen LogP contribution in [0.25, 0.3) is 0 Å². The van der Waals surface area contributed by atoms with E-state index >= 15 is 0 Å². The zero-order valence-corrected chi connectivity index (χ0v) is 17.9. The topological polar surface area (TPSA) is 70.2 Å². The van der Waals surface area contributed by atoms with Gasteiger partial charge in [-0.3, -0.25) is 4.79 Å². The van der Waals surface area contributed by atoms with Gasteiger partial charge < -0.3 is 14.5 Å². The third-order valence-electron chi connectivity index (χ3n) is 5.63. The van der Waals surface area contributed by atoms with Gasteiger partial charge in [-0.25, -0.2) is 8.42 Å². The Morgan fingerprint density at radius 1 is 1.18 bits per heavy atom. The van der Waals surface area contributed by atoms with E-state index in [2.05, 4.69) is 11.9 Å². The minimum Gasteiger partial charge on any atom is -0.494 e. The van der Waals surface area contributed by atoms with Crippen molar-refractivity contribution >= 4 is 15.9 Å². The number of carbonyl (C=O) groups excluding carboxylic acids is 1. The molecule has 1 atom stereocenters. The molecule has 2 fully saturated rings. The van der Waals surface area contributed by atoms with Gasteiger partial charge in [-0.05, 0) is 57.5 Å². The first-order valence-electron chi connectivity index (χ1n) is 10.0. The monoisotopic (exact) mass is 409 g/mol. The van der Waals surface area contributed by atoms with E-state index in [-0.39, 0.29) is 23.3 Å². The van der Waals surface area contributed by atoms with Crippen LogP contribution in [0.3, 0.4) is 0 Å². The second-order valence-electron chi connectivity index (χ2n) is 7.69. The number of nitrogens with zero attached hydrogens (tertiary/aromatic N) is 3. The van der Waals surface area contributed by atoms with E-state index in [4.69, 9.17) is 4.74 Å². The Balaban J connectivity index is 1.72. The van der Waals surface area contributed by atoms with Crippen molar-refractivity contribution in [2.75, 3.05) is 52.9 Å². The Bertz CT molecular complexity index is 804. The zero-order chi connectivity index (χ0) is 20.3. The maximum Gasteiger partial charge on any atom is 0.243 e. The first-order chi connectivity index (χ1) is 13.3. The number of hydrogen-bond acceptors (Lipinski definition) is 5. The first-order valence-corrected chi connectivity index (χ1v) is 11.5. The van der Waals surface area contributed by atoms with Crippen LogP contribution >= 0.6 is 0 Å². The number of hydrogen-bond donors (Lipinski definition) is 0. The van der Waals surface area contributed by atoms with Crippen molar-refractivity contribution in [2.24, 2.45) is 5.92 Å². The number of rotatable bonds is 5. The average molecular weight is 410 g/mol. The van der Waals surface area contributed by atoms with Crippen LogP contribution in [0, 0.1) is 12.8 Å². The van der Waals surface area contributed by atoms with Crippen molar-refractivity contribution in [2.45, 2.75) is 31.6 Å². The van der Waals surface area contributed by atoms with Gasteiger partial charge in [0, 0.05) is 39.3 Å². The van der Waals surface area contributed by atoms with Crippen molar-refractivity contribution in [3.05, 3.63) is 23.8 Å². The third kappa shape index (κ3) is 4.50. The molecule has 1 amide bonds. The number of benzene rings is 1. The normalized spacial score (nSPS) is 22.2. The number of piperazine rings is 1. The molecule has 1 aromatic carbocycles. The molecule has 8 heteroatoms. The van der Waals surface area contributed by atoms with Crippen LogP contribution in [0.2, 0.25) is 0 Å². The Kier molecular flexibility index (Phi) is 6.62. The van der Waals surface area contributed by atoms with Gasteiger partial charge in [0.1, 0.15) is 5.75 Å². The lowest BCUT2D eigenvalue weighted by Crippen LogP contribution is -2.52. The standard InChI is InChI=1S/C20H31N3O4S/c1-4-27-19-8-7-18(14-16(19)2)28(25,26)23-9-5-6-17(15-23)20(24)22-12-10-21(3)11-13-22/h7-8,14,17H,4-6,9-13,15H2,1-3H3/t17-/m1/s1. The summed E-state index contributed by atoms with van der Waals surface area (Å²) in [7, 11) is -1.57. The zero-order valence-electron chi connectivity index (χ0n) is 17.1. The lowest BCUT2D eigenvalue weighted by atomic mass is 9.98. The molecule has 156 valence electrons. The molecule has 2 heterocycles. The lowest BCUT2D eigenvalue weighted by molar-refractivity contribution is -0.138. The SMILES string of the molecule is CCOc1ccc(S(=O)(=O)N2CCC[C@@H](C(=O)N3CCN(C)CC3)C2)cc1C. The number of carbonyl (C=O) groups is 1. The molecule has 0 bridgehead atoms. The van der Waals surface area contributed by atoms with Crippen LogP contribution in [0.15, 0.2) is 23.1 Å². The Morgan fingerprint density at radius 2 is 1.89 bits per heavy atom. The average Bonchev–Trinajstić information content (AvgIpc) is 2.69. The fraction of sp³-hybridized carbons (Fsp3) is 0.650. The predicted octanol–water partition coefficient (Wildman–Crippen LogP) is 1.57. The molecule has 1 aromatic rings. The molecule has 28 heavy (non-hydrogen) atoms. The van der Waals surface area contributed by atoms with Crippen molar-refractivity contribution < 1.29 is 17.9 Å². The predicted molar refractivity (Wildman–Crippen MR) is 108 cm³/mol. The van der Waals surface area contributed by atoms with Gasteiger partial charge in [-0.15, -0.1) is 0 Å². The maximum absolute atomic E-state index is 13.1. The largest absolute Gasteiger partial charge is 0.494 e. The van der Waals surface area contributed by atoms with E-state index in [1.807, 2.05) is 18.7 Å². The molecule has 0 N–H and O–H groups in total. The number of amides is 1. The fourth-order valence-electron chi connectivity index (χ4n) is 3.90. The number of sulfonamides is 1. The van der Waals surface area contributed by atoms with E-state index < -0.39 is 10.0 Å². The smallest absolute Gasteiger partial charge is 0.243 e. The van der Waals surface area contributed by atoms with Gasteiger partial charge in [-0.2, -0.15) is 4.31 Å². The summed E-state index contributed by atoms with van der Waals surface area (Å²) < 4.78 is 33.3. The van der Waals surface area contributed by atoms with Crippen LogP contribution < -0.4 is 4.74 Å². The Hall–Kier alpha value is -1.64. The lowest BCUT2D eigenvalue weighted by Gasteiger charge is -2.37. The van der Waals surface area contributed by atoms with E-state index in [1.54, 1.807) is 18.2 Å². The molecule has 0 radical (unpaired) electrons. The number of aryl methyl sites for hydroxylation is 1. The summed E-state index contributed by atoms with van der Waals surface area (Å²) in [6.45, 7) is 8.18. The van der Waals surface area contributed by atoms with Gasteiger partial charge >= 0.3 is 0 Å². The second kappa shape index (κ2) is 8.80. The van der Waals surface area contributed by atoms with E-state index in [0.29, 0.717) is 25.3 Å². The van der Waals surface area contributed by atoms with Gasteiger partial charge in [-0.1, -0.05) is 0 Å². The molecule has 0 spiro atoms. The van der Waals surface area contributed by atoms with E-state index in [9.17, 15) is 13.2 Å². The number of ether oxygens (including phenoxy) is 1. The molecule has 2 aliphatic heterocycles. The van der Waals surface area contributed by atoms with Crippen molar-refractivity contribution in [1.29, 1.82) is 0 Å². The minimum absolute atomic E-state index is 0.0934. The number of piperidine rings is 1. The van der Waals surface area contributed by atoms with Crippen molar-refractivity contribution in [1.82, 2.24) is 14.1 Å². The highest BCUT2D eigenvalue weighted by molar-refractivity contribution is 7.89. The molecule has 0 unspecified atom stereocenters. The molecule has 0 saturated carbocycles. The van der Waals surface area contributed by atoms with Crippen LogP contribution in [0.5, 0.6) is 5.75 Å². The van der Waals surface area contributed by atoms with Gasteiger partial charge in [0.05, 0.1) is 17.4 Å². The molecule has 2 saturated heterocycles.